The first-order chi connectivity index (χ1) is 7.37. The molecule has 0 saturated heterocycles. The summed E-state index contributed by atoms with van der Waals surface area (Å²) in [6, 6.07) is 0. The van der Waals surface area contributed by atoms with Crippen LogP contribution in [-0.2, 0) is 9.53 Å². The van der Waals surface area contributed by atoms with Crippen molar-refractivity contribution in [2.75, 3.05) is 20.3 Å². The zero-order chi connectivity index (χ0) is 12.6. The van der Waals surface area contributed by atoms with Crippen molar-refractivity contribution in [3.63, 3.8) is 0 Å². The molecule has 0 rings (SSSR count). The second kappa shape index (κ2) is 7.63. The van der Waals surface area contributed by atoms with Crippen molar-refractivity contribution in [3.8, 4) is 0 Å². The predicted molar refractivity (Wildman–Crippen MR) is 64.2 cm³/mol. The highest BCUT2D eigenvalue weighted by Gasteiger charge is 2.21. The molecule has 0 aliphatic carbocycles. The van der Waals surface area contributed by atoms with Crippen LogP contribution in [0.2, 0.25) is 0 Å². The van der Waals surface area contributed by atoms with Crippen LogP contribution < -0.4 is 5.32 Å². The highest BCUT2D eigenvalue weighted by Crippen LogP contribution is 2.15. The van der Waals surface area contributed by atoms with E-state index in [0.29, 0.717) is 31.9 Å². The third kappa shape index (κ3) is 8.68. The van der Waals surface area contributed by atoms with Gasteiger partial charge in [-0.2, -0.15) is 0 Å². The van der Waals surface area contributed by atoms with E-state index in [2.05, 4.69) is 19.2 Å². The van der Waals surface area contributed by atoms with Crippen molar-refractivity contribution in [2.24, 2.45) is 5.92 Å². The fourth-order valence-corrected chi connectivity index (χ4v) is 1.26. The number of methoxy groups -OCH3 is 1. The molecule has 0 aromatic carbocycles. The summed E-state index contributed by atoms with van der Waals surface area (Å²) >= 11 is 0. The Kier molecular flexibility index (Phi) is 7.34. The van der Waals surface area contributed by atoms with Gasteiger partial charge < -0.3 is 15.2 Å². The number of carbonyl (C=O) groups excluding carboxylic acids is 1. The van der Waals surface area contributed by atoms with Crippen LogP contribution in [0.15, 0.2) is 0 Å². The minimum Gasteiger partial charge on any atom is -0.388 e. The maximum Gasteiger partial charge on any atom is 0.222 e. The van der Waals surface area contributed by atoms with Gasteiger partial charge in [0.05, 0.1) is 12.2 Å². The van der Waals surface area contributed by atoms with Crippen LogP contribution in [0.5, 0.6) is 0 Å². The number of hydrogen-bond donors (Lipinski definition) is 2. The first kappa shape index (κ1) is 15.4. The highest BCUT2D eigenvalue weighted by atomic mass is 16.5. The summed E-state index contributed by atoms with van der Waals surface area (Å²) in [5, 5.41) is 12.7. The van der Waals surface area contributed by atoms with Crippen LogP contribution in [0, 0.1) is 5.92 Å². The molecule has 0 bridgehead atoms. The zero-order valence-electron chi connectivity index (χ0n) is 10.9. The van der Waals surface area contributed by atoms with E-state index in [1.807, 2.05) is 0 Å². The third-order valence-electron chi connectivity index (χ3n) is 2.46. The van der Waals surface area contributed by atoms with Crippen molar-refractivity contribution in [3.05, 3.63) is 0 Å². The van der Waals surface area contributed by atoms with Gasteiger partial charge >= 0.3 is 0 Å². The normalized spacial score (nSPS) is 14.9. The Bertz CT molecular complexity index is 202. The van der Waals surface area contributed by atoms with Crippen molar-refractivity contribution in [1.82, 2.24) is 5.32 Å². The smallest absolute Gasteiger partial charge is 0.222 e. The van der Waals surface area contributed by atoms with Gasteiger partial charge in [-0.15, -0.1) is 0 Å². The van der Waals surface area contributed by atoms with Crippen molar-refractivity contribution < 1.29 is 14.6 Å². The highest BCUT2D eigenvalue weighted by molar-refractivity contribution is 5.76. The molecule has 4 nitrogen and oxygen atoms in total. The van der Waals surface area contributed by atoms with Crippen LogP contribution >= 0.6 is 0 Å². The molecule has 0 aliphatic rings. The summed E-state index contributed by atoms with van der Waals surface area (Å²) in [6.07, 6.45) is 2.01. The lowest BCUT2D eigenvalue weighted by molar-refractivity contribution is -0.123. The van der Waals surface area contributed by atoms with E-state index in [4.69, 9.17) is 4.74 Å². The fraction of sp³-hybridized carbons (Fsp3) is 0.917. The topological polar surface area (TPSA) is 58.6 Å². The van der Waals surface area contributed by atoms with Gasteiger partial charge in [-0.1, -0.05) is 13.8 Å². The summed E-state index contributed by atoms with van der Waals surface area (Å²) in [7, 11) is 1.56. The van der Waals surface area contributed by atoms with Gasteiger partial charge in [-0.05, 0) is 25.7 Å². The molecule has 1 atom stereocenters. The first-order valence-corrected chi connectivity index (χ1v) is 5.85. The zero-order valence-corrected chi connectivity index (χ0v) is 10.9. The van der Waals surface area contributed by atoms with E-state index < -0.39 is 5.60 Å². The molecule has 0 heterocycles. The molecule has 16 heavy (non-hydrogen) atoms. The quantitative estimate of drug-likeness (QED) is 0.662. The number of ether oxygens (including phenoxy) is 1. The van der Waals surface area contributed by atoms with E-state index >= 15 is 0 Å². The number of amides is 1. The van der Waals surface area contributed by atoms with Crippen molar-refractivity contribution in [1.29, 1.82) is 0 Å². The van der Waals surface area contributed by atoms with Crippen LogP contribution in [0.25, 0.3) is 0 Å². The molecule has 1 amide bonds. The maximum atomic E-state index is 11.3. The minimum absolute atomic E-state index is 0.0772. The second-order valence-electron chi connectivity index (χ2n) is 4.95. The molecular formula is C12H25NO3. The summed E-state index contributed by atoms with van der Waals surface area (Å²) in [6.45, 7) is 6.72. The number of rotatable bonds is 8. The monoisotopic (exact) mass is 231 g/mol. The Morgan fingerprint density at radius 2 is 2.12 bits per heavy atom. The van der Waals surface area contributed by atoms with Gasteiger partial charge in [0.2, 0.25) is 5.91 Å². The first-order valence-electron chi connectivity index (χ1n) is 5.85. The molecule has 4 heteroatoms. The molecule has 0 spiro atoms. The average Bonchev–Trinajstić information content (AvgIpc) is 2.21. The lowest BCUT2D eigenvalue weighted by atomic mass is 9.95. The number of hydrogen-bond acceptors (Lipinski definition) is 3. The lowest BCUT2D eigenvalue weighted by Gasteiger charge is -2.24. The molecule has 1 unspecified atom stereocenters. The summed E-state index contributed by atoms with van der Waals surface area (Å²) in [4.78, 5) is 11.3. The molecule has 0 aromatic rings. The average molecular weight is 231 g/mol. The van der Waals surface area contributed by atoms with Crippen LogP contribution in [0.3, 0.4) is 0 Å². The van der Waals surface area contributed by atoms with Gasteiger partial charge in [-0.3, -0.25) is 4.79 Å². The summed E-state index contributed by atoms with van der Waals surface area (Å²) in [5.74, 6) is 0.488. The van der Waals surface area contributed by atoms with Crippen LogP contribution in [0.4, 0.5) is 0 Å². The summed E-state index contributed by atoms with van der Waals surface area (Å²) < 4.78 is 4.80. The molecule has 0 saturated carbocycles. The lowest BCUT2D eigenvalue weighted by Crippen LogP contribution is -2.41. The Labute approximate surface area is 98.4 Å². The SMILES string of the molecule is COCCC(=O)NCC(C)(O)CCC(C)C. The Morgan fingerprint density at radius 1 is 1.50 bits per heavy atom. The maximum absolute atomic E-state index is 11.3. The van der Waals surface area contributed by atoms with E-state index in [1.165, 1.54) is 0 Å². The standard InChI is InChI=1S/C12H25NO3/c1-10(2)5-7-12(3,15)9-13-11(14)6-8-16-4/h10,15H,5-9H2,1-4H3,(H,13,14). The van der Waals surface area contributed by atoms with Crippen LogP contribution in [-0.4, -0.2) is 36.9 Å². The largest absolute Gasteiger partial charge is 0.388 e. The Balaban J connectivity index is 3.75. The Hall–Kier alpha value is -0.610. The molecule has 96 valence electrons. The van der Waals surface area contributed by atoms with Gasteiger partial charge in [0, 0.05) is 20.1 Å². The molecule has 0 aromatic heterocycles. The molecule has 0 fully saturated rings. The molecule has 0 radical (unpaired) electrons. The van der Waals surface area contributed by atoms with Crippen LogP contribution in [0.1, 0.15) is 40.0 Å². The number of aliphatic hydroxyl groups is 1. The van der Waals surface area contributed by atoms with Gasteiger partial charge in [0.25, 0.3) is 0 Å². The second-order valence-corrected chi connectivity index (χ2v) is 4.95. The minimum atomic E-state index is -0.812. The van der Waals surface area contributed by atoms with Gasteiger partial charge in [0.15, 0.2) is 0 Å². The van der Waals surface area contributed by atoms with Crippen molar-refractivity contribution >= 4 is 5.91 Å². The van der Waals surface area contributed by atoms with E-state index in [1.54, 1.807) is 14.0 Å². The molecule has 2 N–H and O–H groups in total. The summed E-state index contributed by atoms with van der Waals surface area (Å²) in [5.41, 5.74) is -0.812. The van der Waals surface area contributed by atoms with Gasteiger partial charge in [-0.25, -0.2) is 0 Å². The fourth-order valence-electron chi connectivity index (χ4n) is 1.26. The predicted octanol–water partition coefficient (Wildman–Crippen LogP) is 1.33. The van der Waals surface area contributed by atoms with E-state index in [0.717, 1.165) is 6.42 Å². The molecule has 0 aliphatic heterocycles. The van der Waals surface area contributed by atoms with E-state index in [-0.39, 0.29) is 5.91 Å². The van der Waals surface area contributed by atoms with E-state index in [9.17, 15) is 9.90 Å². The number of carbonyl (C=O) groups is 1. The molecular weight excluding hydrogens is 206 g/mol. The van der Waals surface area contributed by atoms with Gasteiger partial charge in [0.1, 0.15) is 0 Å². The van der Waals surface area contributed by atoms with Crippen molar-refractivity contribution in [2.45, 2.75) is 45.6 Å². The number of nitrogens with one attached hydrogen (secondary N) is 1. The Morgan fingerprint density at radius 3 is 2.62 bits per heavy atom. The third-order valence-corrected chi connectivity index (χ3v) is 2.46.